The number of hydrogen-bond acceptors (Lipinski definition) is 4. The Balaban J connectivity index is 1.37. The minimum absolute atomic E-state index is 0.0528. The van der Waals surface area contributed by atoms with Crippen LogP contribution in [-0.4, -0.2) is 37.2 Å². The molecule has 4 rings (SSSR count). The zero-order chi connectivity index (χ0) is 23.6. The molecule has 4 nitrogen and oxygen atoms in total. The SMILES string of the molecule is COC(=O)C1CCN(C(C)c2ccc3cc(OC4CCC(C(C)(C)C)CC4)ccc3c2)CC1. The Bertz CT molecular complexity index is 947. The van der Waals surface area contributed by atoms with Crippen molar-refractivity contribution in [2.75, 3.05) is 20.2 Å². The van der Waals surface area contributed by atoms with Gasteiger partial charge in [-0.1, -0.05) is 39.0 Å². The van der Waals surface area contributed by atoms with Gasteiger partial charge in [0.05, 0.1) is 19.1 Å². The molecular formula is C29H41NO3. The van der Waals surface area contributed by atoms with Crippen molar-refractivity contribution in [3.8, 4) is 5.75 Å². The van der Waals surface area contributed by atoms with E-state index >= 15 is 0 Å². The van der Waals surface area contributed by atoms with Crippen molar-refractivity contribution in [3.63, 3.8) is 0 Å². The minimum atomic E-state index is -0.0618. The average molecular weight is 452 g/mol. The van der Waals surface area contributed by atoms with E-state index in [1.54, 1.807) is 0 Å². The fraction of sp³-hybridized carbons (Fsp3) is 0.621. The van der Waals surface area contributed by atoms with Gasteiger partial charge in [0.25, 0.3) is 0 Å². The Labute approximate surface area is 199 Å². The molecule has 1 heterocycles. The largest absolute Gasteiger partial charge is 0.490 e. The van der Waals surface area contributed by atoms with Gasteiger partial charge in [0.1, 0.15) is 5.75 Å². The van der Waals surface area contributed by atoms with E-state index in [4.69, 9.17) is 9.47 Å². The maximum Gasteiger partial charge on any atom is 0.308 e. The second-order valence-electron chi connectivity index (χ2n) is 11.2. The number of fused-ring (bicyclic) bond motifs is 1. The van der Waals surface area contributed by atoms with Crippen LogP contribution in [0.25, 0.3) is 10.8 Å². The van der Waals surface area contributed by atoms with E-state index in [-0.39, 0.29) is 11.9 Å². The summed E-state index contributed by atoms with van der Waals surface area (Å²) in [5.41, 5.74) is 1.73. The van der Waals surface area contributed by atoms with E-state index < -0.39 is 0 Å². The molecule has 1 aliphatic carbocycles. The Kier molecular flexibility index (Phi) is 7.33. The first-order valence-electron chi connectivity index (χ1n) is 12.8. The molecule has 33 heavy (non-hydrogen) atoms. The average Bonchev–Trinajstić information content (AvgIpc) is 2.82. The van der Waals surface area contributed by atoms with E-state index in [0.717, 1.165) is 50.4 Å². The quantitative estimate of drug-likeness (QED) is 0.470. The Morgan fingerprint density at radius 2 is 1.58 bits per heavy atom. The van der Waals surface area contributed by atoms with Gasteiger partial charge in [-0.15, -0.1) is 0 Å². The second-order valence-corrected chi connectivity index (χ2v) is 11.2. The Morgan fingerprint density at radius 1 is 0.939 bits per heavy atom. The van der Waals surface area contributed by atoms with Crippen LogP contribution in [0, 0.1) is 17.3 Å². The van der Waals surface area contributed by atoms with Crippen LogP contribution in [-0.2, 0) is 9.53 Å². The molecule has 0 aromatic heterocycles. The number of esters is 1. The number of carbonyl (C=O) groups excluding carboxylic acids is 1. The highest BCUT2D eigenvalue weighted by atomic mass is 16.5. The first kappa shape index (κ1) is 24.1. The highest BCUT2D eigenvalue weighted by Gasteiger charge is 2.31. The molecule has 2 aromatic rings. The summed E-state index contributed by atoms with van der Waals surface area (Å²) in [4.78, 5) is 14.3. The van der Waals surface area contributed by atoms with Gasteiger partial charge in [-0.05, 0) is 104 Å². The molecule has 1 saturated heterocycles. The molecule has 1 aliphatic heterocycles. The zero-order valence-electron chi connectivity index (χ0n) is 21.1. The van der Waals surface area contributed by atoms with E-state index in [1.165, 1.54) is 36.3 Å². The van der Waals surface area contributed by atoms with Crippen molar-refractivity contribution in [1.29, 1.82) is 0 Å². The molecule has 0 bridgehead atoms. The summed E-state index contributed by atoms with van der Waals surface area (Å²) in [6.45, 7) is 11.2. The summed E-state index contributed by atoms with van der Waals surface area (Å²) in [5.74, 6) is 1.79. The van der Waals surface area contributed by atoms with Crippen molar-refractivity contribution in [2.45, 2.75) is 78.4 Å². The molecular weight excluding hydrogens is 410 g/mol. The van der Waals surface area contributed by atoms with Gasteiger partial charge in [0.15, 0.2) is 0 Å². The standard InChI is InChI=1S/C29H41NO3/c1-20(30-16-14-21(15-17-30)28(31)32-5)22-6-7-24-19-27(11-8-23(24)18-22)33-26-12-9-25(10-13-26)29(2,3)4/h6-8,11,18-21,25-26H,9-10,12-17H2,1-5H3. The predicted molar refractivity (Wildman–Crippen MR) is 135 cm³/mol. The number of piperidine rings is 1. The topological polar surface area (TPSA) is 38.8 Å². The van der Waals surface area contributed by atoms with Crippen molar-refractivity contribution in [1.82, 2.24) is 4.90 Å². The van der Waals surface area contributed by atoms with Gasteiger partial charge in [-0.2, -0.15) is 0 Å². The maximum absolute atomic E-state index is 11.8. The van der Waals surface area contributed by atoms with Gasteiger partial charge in [-0.3, -0.25) is 9.69 Å². The molecule has 1 unspecified atom stereocenters. The van der Waals surface area contributed by atoms with Crippen molar-refractivity contribution in [2.24, 2.45) is 17.3 Å². The first-order valence-corrected chi connectivity index (χ1v) is 12.8. The van der Waals surface area contributed by atoms with Gasteiger partial charge in [0.2, 0.25) is 0 Å². The number of methoxy groups -OCH3 is 1. The number of likely N-dealkylation sites (tertiary alicyclic amines) is 1. The number of carbonyl (C=O) groups is 1. The number of ether oxygens (including phenoxy) is 2. The van der Waals surface area contributed by atoms with E-state index in [0.29, 0.717) is 17.6 Å². The van der Waals surface area contributed by atoms with Gasteiger partial charge >= 0.3 is 5.97 Å². The third-order valence-corrected chi connectivity index (χ3v) is 8.13. The van der Waals surface area contributed by atoms with Crippen LogP contribution < -0.4 is 4.74 Å². The van der Waals surface area contributed by atoms with Crippen LogP contribution in [0.15, 0.2) is 36.4 Å². The molecule has 4 heteroatoms. The smallest absolute Gasteiger partial charge is 0.308 e. The van der Waals surface area contributed by atoms with Crippen LogP contribution >= 0.6 is 0 Å². The lowest BCUT2D eigenvalue weighted by Gasteiger charge is -2.37. The summed E-state index contributed by atoms with van der Waals surface area (Å²) in [5, 5.41) is 2.49. The minimum Gasteiger partial charge on any atom is -0.490 e. The second kappa shape index (κ2) is 10.0. The summed E-state index contributed by atoms with van der Waals surface area (Å²) in [7, 11) is 1.49. The molecule has 0 radical (unpaired) electrons. The molecule has 0 amide bonds. The lowest BCUT2D eigenvalue weighted by molar-refractivity contribution is -0.147. The molecule has 2 aromatic carbocycles. The lowest BCUT2D eigenvalue weighted by atomic mass is 9.72. The summed E-state index contributed by atoms with van der Waals surface area (Å²) in [6.07, 6.45) is 6.94. The number of rotatable bonds is 5. The maximum atomic E-state index is 11.8. The Morgan fingerprint density at radius 3 is 2.21 bits per heavy atom. The predicted octanol–water partition coefficient (Wildman–Crippen LogP) is 6.77. The van der Waals surface area contributed by atoms with E-state index in [1.807, 2.05) is 0 Å². The van der Waals surface area contributed by atoms with Crippen molar-refractivity contribution < 1.29 is 14.3 Å². The highest BCUT2D eigenvalue weighted by molar-refractivity contribution is 5.84. The Hall–Kier alpha value is -2.07. The molecule has 1 atom stereocenters. The fourth-order valence-electron chi connectivity index (χ4n) is 5.71. The highest BCUT2D eigenvalue weighted by Crippen LogP contribution is 2.39. The monoisotopic (exact) mass is 451 g/mol. The molecule has 180 valence electrons. The van der Waals surface area contributed by atoms with Crippen LogP contribution in [0.1, 0.15) is 77.8 Å². The van der Waals surface area contributed by atoms with E-state index in [9.17, 15) is 4.79 Å². The van der Waals surface area contributed by atoms with Crippen LogP contribution in [0.3, 0.4) is 0 Å². The third kappa shape index (κ3) is 5.71. The molecule has 0 spiro atoms. The summed E-state index contributed by atoms with van der Waals surface area (Å²) in [6, 6.07) is 13.6. The van der Waals surface area contributed by atoms with Crippen LogP contribution in [0.2, 0.25) is 0 Å². The normalized spacial score (nSPS) is 23.9. The zero-order valence-corrected chi connectivity index (χ0v) is 21.1. The van der Waals surface area contributed by atoms with Crippen LogP contribution in [0.5, 0.6) is 5.75 Å². The van der Waals surface area contributed by atoms with Crippen molar-refractivity contribution in [3.05, 3.63) is 42.0 Å². The fourth-order valence-corrected chi connectivity index (χ4v) is 5.71. The van der Waals surface area contributed by atoms with Gasteiger partial charge in [0, 0.05) is 6.04 Å². The number of nitrogens with zero attached hydrogens (tertiary/aromatic N) is 1. The summed E-state index contributed by atoms with van der Waals surface area (Å²) < 4.78 is 11.3. The summed E-state index contributed by atoms with van der Waals surface area (Å²) >= 11 is 0. The van der Waals surface area contributed by atoms with E-state index in [2.05, 4.69) is 69.0 Å². The number of hydrogen-bond donors (Lipinski definition) is 0. The molecule has 1 saturated carbocycles. The molecule has 2 aliphatic rings. The van der Waals surface area contributed by atoms with Crippen molar-refractivity contribution >= 4 is 16.7 Å². The van der Waals surface area contributed by atoms with Gasteiger partial charge < -0.3 is 9.47 Å². The van der Waals surface area contributed by atoms with Crippen LogP contribution in [0.4, 0.5) is 0 Å². The lowest BCUT2D eigenvalue weighted by Crippen LogP contribution is -2.38. The van der Waals surface area contributed by atoms with Gasteiger partial charge in [-0.25, -0.2) is 0 Å². The third-order valence-electron chi connectivity index (χ3n) is 8.13. The first-order chi connectivity index (χ1) is 15.7. The number of benzene rings is 2. The molecule has 0 N–H and O–H groups in total. The molecule has 2 fully saturated rings.